The Morgan fingerprint density at radius 3 is 2.47 bits per heavy atom. The Labute approximate surface area is 104 Å². The highest BCUT2D eigenvalue weighted by molar-refractivity contribution is 5.72. The first-order chi connectivity index (χ1) is 7.94. The van der Waals surface area contributed by atoms with Crippen molar-refractivity contribution in [1.82, 2.24) is 4.90 Å². The lowest BCUT2D eigenvalue weighted by Crippen LogP contribution is -2.39. The van der Waals surface area contributed by atoms with Crippen LogP contribution >= 0.6 is 0 Å². The zero-order valence-corrected chi connectivity index (χ0v) is 11.2. The number of carboxylic acids is 1. The van der Waals surface area contributed by atoms with Gasteiger partial charge in [-0.1, -0.05) is 13.8 Å². The second-order valence-electron chi connectivity index (χ2n) is 5.58. The minimum Gasteiger partial charge on any atom is -0.479 e. The van der Waals surface area contributed by atoms with Crippen molar-refractivity contribution in [2.45, 2.75) is 46.1 Å². The Morgan fingerprint density at radius 2 is 2.00 bits per heavy atom. The van der Waals surface area contributed by atoms with E-state index in [1.165, 1.54) is 12.8 Å². The number of rotatable bonds is 6. The summed E-state index contributed by atoms with van der Waals surface area (Å²) in [6, 6.07) is 0. The van der Waals surface area contributed by atoms with Gasteiger partial charge in [-0.25, -0.2) is 4.79 Å². The molecule has 0 amide bonds. The average molecular weight is 243 g/mol. The van der Waals surface area contributed by atoms with Crippen LogP contribution in [0.5, 0.6) is 0 Å². The molecule has 1 aliphatic heterocycles. The van der Waals surface area contributed by atoms with Crippen molar-refractivity contribution in [3.8, 4) is 0 Å². The number of piperidine rings is 1. The van der Waals surface area contributed by atoms with Crippen molar-refractivity contribution in [2.75, 3.05) is 26.2 Å². The van der Waals surface area contributed by atoms with Crippen LogP contribution < -0.4 is 0 Å². The summed E-state index contributed by atoms with van der Waals surface area (Å²) < 4.78 is 5.21. The molecule has 1 fully saturated rings. The number of hydrogen-bond donors (Lipinski definition) is 1. The van der Waals surface area contributed by atoms with E-state index < -0.39 is 12.1 Å². The molecule has 0 bridgehead atoms. The first kappa shape index (κ1) is 14.5. The largest absolute Gasteiger partial charge is 0.479 e. The first-order valence-corrected chi connectivity index (χ1v) is 6.51. The van der Waals surface area contributed by atoms with Gasteiger partial charge in [0, 0.05) is 13.2 Å². The quantitative estimate of drug-likeness (QED) is 0.775. The van der Waals surface area contributed by atoms with Gasteiger partial charge in [-0.3, -0.25) is 0 Å². The molecule has 0 aromatic heterocycles. The van der Waals surface area contributed by atoms with Crippen LogP contribution in [0, 0.1) is 5.41 Å². The van der Waals surface area contributed by atoms with E-state index in [4.69, 9.17) is 9.84 Å². The van der Waals surface area contributed by atoms with Crippen molar-refractivity contribution in [3.05, 3.63) is 0 Å². The minimum atomic E-state index is -0.843. The van der Waals surface area contributed by atoms with E-state index in [0.717, 1.165) is 19.6 Å². The summed E-state index contributed by atoms with van der Waals surface area (Å²) in [7, 11) is 0. The van der Waals surface area contributed by atoms with E-state index in [1.807, 2.05) is 6.92 Å². The lowest BCUT2D eigenvalue weighted by molar-refractivity contribution is -0.150. The molecule has 1 atom stereocenters. The number of likely N-dealkylation sites (tertiary alicyclic amines) is 1. The maximum absolute atomic E-state index is 10.9. The Hall–Kier alpha value is -0.610. The second kappa shape index (κ2) is 6.36. The molecule has 4 heteroatoms. The number of carbonyl (C=O) groups is 1. The maximum Gasteiger partial charge on any atom is 0.332 e. The predicted octanol–water partition coefficient (Wildman–Crippen LogP) is 1.99. The van der Waals surface area contributed by atoms with Gasteiger partial charge in [0.15, 0.2) is 6.10 Å². The summed E-state index contributed by atoms with van der Waals surface area (Å²) in [6.07, 6.45) is 2.33. The van der Waals surface area contributed by atoms with E-state index in [9.17, 15) is 4.79 Å². The maximum atomic E-state index is 10.9. The van der Waals surface area contributed by atoms with Crippen LogP contribution in [0.4, 0.5) is 0 Å². The topological polar surface area (TPSA) is 49.8 Å². The summed E-state index contributed by atoms with van der Waals surface area (Å²) in [5.74, 6) is -0.843. The molecular weight excluding hydrogens is 218 g/mol. The van der Waals surface area contributed by atoms with E-state index >= 15 is 0 Å². The Bertz CT molecular complexity index is 243. The summed E-state index contributed by atoms with van der Waals surface area (Å²) >= 11 is 0. The minimum absolute atomic E-state index is 0.447. The molecule has 4 nitrogen and oxygen atoms in total. The molecule has 0 saturated carbocycles. The molecule has 100 valence electrons. The van der Waals surface area contributed by atoms with Gasteiger partial charge >= 0.3 is 5.97 Å². The normalized spacial score (nSPS) is 22.3. The monoisotopic (exact) mass is 243 g/mol. The van der Waals surface area contributed by atoms with Gasteiger partial charge in [0.1, 0.15) is 0 Å². The third kappa shape index (κ3) is 5.04. The van der Waals surface area contributed by atoms with Crippen molar-refractivity contribution in [2.24, 2.45) is 5.41 Å². The van der Waals surface area contributed by atoms with Gasteiger partial charge in [0.05, 0.1) is 0 Å². The molecular formula is C13H25NO3. The average Bonchev–Trinajstić information content (AvgIpc) is 2.25. The van der Waals surface area contributed by atoms with Crippen LogP contribution in [0.2, 0.25) is 0 Å². The van der Waals surface area contributed by atoms with Crippen LogP contribution in [-0.2, 0) is 9.53 Å². The highest BCUT2D eigenvalue weighted by Crippen LogP contribution is 2.29. The van der Waals surface area contributed by atoms with Crippen LogP contribution in [-0.4, -0.2) is 48.3 Å². The molecule has 1 saturated heterocycles. The third-order valence-corrected chi connectivity index (χ3v) is 3.56. The van der Waals surface area contributed by atoms with Crippen LogP contribution in [0.15, 0.2) is 0 Å². The zero-order valence-electron chi connectivity index (χ0n) is 11.2. The Balaban J connectivity index is 2.28. The fourth-order valence-corrected chi connectivity index (χ4v) is 2.16. The molecule has 1 unspecified atom stereocenters. The van der Waals surface area contributed by atoms with Gasteiger partial charge in [0.25, 0.3) is 0 Å². The smallest absolute Gasteiger partial charge is 0.332 e. The van der Waals surface area contributed by atoms with Crippen molar-refractivity contribution < 1.29 is 14.6 Å². The van der Waals surface area contributed by atoms with Gasteiger partial charge in [-0.15, -0.1) is 0 Å². The van der Waals surface area contributed by atoms with Crippen molar-refractivity contribution in [1.29, 1.82) is 0 Å². The summed E-state index contributed by atoms with van der Waals surface area (Å²) in [5.41, 5.74) is 0.447. The highest BCUT2D eigenvalue weighted by Gasteiger charge is 2.26. The number of carboxylic acid groups (broad SMARTS) is 1. The van der Waals surface area contributed by atoms with E-state index in [1.54, 1.807) is 0 Å². The summed E-state index contributed by atoms with van der Waals surface area (Å²) in [5, 5.41) is 8.97. The van der Waals surface area contributed by atoms with Gasteiger partial charge in [0.2, 0.25) is 0 Å². The molecule has 0 spiro atoms. The van der Waals surface area contributed by atoms with Crippen molar-refractivity contribution >= 4 is 5.97 Å². The van der Waals surface area contributed by atoms with Crippen LogP contribution in [0.25, 0.3) is 0 Å². The number of hydrogen-bond acceptors (Lipinski definition) is 3. The third-order valence-electron chi connectivity index (χ3n) is 3.56. The number of nitrogens with zero attached hydrogens (tertiary/aromatic N) is 1. The molecule has 0 aliphatic carbocycles. The van der Waals surface area contributed by atoms with E-state index in [2.05, 4.69) is 18.7 Å². The van der Waals surface area contributed by atoms with Gasteiger partial charge in [-0.05, 0) is 44.7 Å². The SMILES string of the molecule is CCOC(CCN1CCC(C)(C)CC1)C(=O)O. The molecule has 1 rings (SSSR count). The Kier molecular flexibility index (Phi) is 5.40. The Morgan fingerprint density at radius 1 is 1.41 bits per heavy atom. The van der Waals surface area contributed by atoms with Crippen molar-refractivity contribution in [3.63, 3.8) is 0 Å². The van der Waals surface area contributed by atoms with Gasteiger partial charge < -0.3 is 14.7 Å². The molecule has 17 heavy (non-hydrogen) atoms. The van der Waals surface area contributed by atoms with E-state index in [-0.39, 0.29) is 0 Å². The first-order valence-electron chi connectivity index (χ1n) is 6.51. The molecule has 1 aliphatic rings. The molecule has 1 N–H and O–H groups in total. The van der Waals surface area contributed by atoms with Crippen LogP contribution in [0.3, 0.4) is 0 Å². The zero-order chi connectivity index (χ0) is 12.9. The second-order valence-corrected chi connectivity index (χ2v) is 5.58. The molecule has 0 radical (unpaired) electrons. The summed E-state index contributed by atoms with van der Waals surface area (Å²) in [6.45, 7) is 9.86. The molecule has 1 heterocycles. The summed E-state index contributed by atoms with van der Waals surface area (Å²) in [4.78, 5) is 13.3. The van der Waals surface area contributed by atoms with Gasteiger partial charge in [-0.2, -0.15) is 0 Å². The standard InChI is InChI=1S/C13H25NO3/c1-4-17-11(12(15)16)5-8-14-9-6-13(2,3)7-10-14/h11H,4-10H2,1-3H3,(H,15,16). The lowest BCUT2D eigenvalue weighted by atomic mass is 9.82. The number of ether oxygens (including phenoxy) is 1. The lowest BCUT2D eigenvalue weighted by Gasteiger charge is -2.37. The number of aliphatic carboxylic acids is 1. The molecule has 0 aromatic carbocycles. The van der Waals surface area contributed by atoms with E-state index in [0.29, 0.717) is 18.4 Å². The molecule has 0 aromatic rings. The highest BCUT2D eigenvalue weighted by atomic mass is 16.5. The van der Waals surface area contributed by atoms with Crippen LogP contribution in [0.1, 0.15) is 40.0 Å². The fraction of sp³-hybridized carbons (Fsp3) is 0.923. The fourth-order valence-electron chi connectivity index (χ4n) is 2.16. The predicted molar refractivity (Wildman–Crippen MR) is 67.1 cm³/mol.